The van der Waals surface area contributed by atoms with Crippen LogP contribution in [0.3, 0.4) is 0 Å². The summed E-state index contributed by atoms with van der Waals surface area (Å²) in [7, 11) is 0. The van der Waals surface area contributed by atoms with E-state index in [4.69, 9.17) is 10.5 Å². The van der Waals surface area contributed by atoms with Crippen LogP contribution in [-0.4, -0.2) is 23.5 Å². The number of hydrazone groups is 1. The Labute approximate surface area is 105 Å². The van der Waals surface area contributed by atoms with Crippen LogP contribution in [0.5, 0.6) is 5.75 Å². The van der Waals surface area contributed by atoms with E-state index in [1.165, 1.54) is 6.21 Å². The van der Waals surface area contributed by atoms with E-state index in [0.717, 1.165) is 5.56 Å². The molecule has 0 atom stereocenters. The molecule has 0 saturated carbocycles. The van der Waals surface area contributed by atoms with Gasteiger partial charge in [-0.2, -0.15) is 5.10 Å². The third kappa shape index (κ3) is 4.42. The number of nitrogens with zero attached hydrogens (tertiary/aromatic N) is 1. The van der Waals surface area contributed by atoms with E-state index in [-0.39, 0.29) is 12.7 Å². The Morgan fingerprint density at radius 1 is 1.61 bits per heavy atom. The van der Waals surface area contributed by atoms with Gasteiger partial charge in [-0.05, 0) is 37.6 Å². The van der Waals surface area contributed by atoms with Gasteiger partial charge < -0.3 is 15.6 Å². The van der Waals surface area contributed by atoms with E-state index in [9.17, 15) is 9.90 Å². The first-order valence-corrected chi connectivity index (χ1v) is 5.52. The molecule has 6 heteroatoms. The van der Waals surface area contributed by atoms with Crippen LogP contribution >= 0.6 is 0 Å². The van der Waals surface area contributed by atoms with Crippen LogP contribution in [-0.2, 0) is 6.61 Å². The number of nitrogens with one attached hydrogen (secondary N) is 1. The van der Waals surface area contributed by atoms with Gasteiger partial charge in [-0.25, -0.2) is 10.2 Å². The first-order valence-electron chi connectivity index (χ1n) is 5.52. The molecule has 0 spiro atoms. The predicted molar refractivity (Wildman–Crippen MR) is 68.4 cm³/mol. The second-order valence-corrected chi connectivity index (χ2v) is 3.93. The number of benzene rings is 1. The molecule has 0 bridgehead atoms. The molecule has 0 unspecified atom stereocenters. The Bertz CT molecular complexity index is 444. The zero-order valence-corrected chi connectivity index (χ0v) is 10.4. The van der Waals surface area contributed by atoms with Gasteiger partial charge in [-0.15, -0.1) is 0 Å². The molecule has 0 radical (unpaired) electrons. The maximum absolute atomic E-state index is 10.4. The van der Waals surface area contributed by atoms with Gasteiger partial charge in [0.2, 0.25) is 0 Å². The van der Waals surface area contributed by atoms with E-state index in [0.29, 0.717) is 11.3 Å². The average molecular weight is 251 g/mol. The number of hydrogen-bond acceptors (Lipinski definition) is 4. The molecule has 0 fully saturated rings. The summed E-state index contributed by atoms with van der Waals surface area (Å²) in [6.07, 6.45) is 1.47. The standard InChI is InChI=1S/C12H17N3O3/c1-8(2)18-11-4-3-9(5-10(11)7-16)6-14-15-12(13)17/h3-6,8,16H,7H2,1-2H3,(H3,13,15,17). The predicted octanol–water partition coefficient (Wildman–Crippen LogP) is 0.968. The van der Waals surface area contributed by atoms with E-state index in [1.54, 1.807) is 18.2 Å². The number of amides is 2. The summed E-state index contributed by atoms with van der Waals surface area (Å²) < 4.78 is 5.54. The molecular formula is C12H17N3O3. The maximum Gasteiger partial charge on any atom is 0.332 e. The number of ether oxygens (including phenoxy) is 1. The molecule has 0 aliphatic rings. The minimum atomic E-state index is -0.728. The van der Waals surface area contributed by atoms with Crippen molar-refractivity contribution in [3.8, 4) is 5.75 Å². The van der Waals surface area contributed by atoms with Gasteiger partial charge in [-0.1, -0.05) is 0 Å². The number of urea groups is 1. The number of hydrogen-bond donors (Lipinski definition) is 3. The molecule has 0 aliphatic heterocycles. The molecule has 4 N–H and O–H groups in total. The second kappa shape index (κ2) is 6.61. The van der Waals surface area contributed by atoms with Gasteiger partial charge in [-0.3, -0.25) is 0 Å². The highest BCUT2D eigenvalue weighted by molar-refractivity contribution is 5.82. The SMILES string of the molecule is CC(C)Oc1ccc(C=NNC(N)=O)cc1CO. The van der Waals surface area contributed by atoms with Gasteiger partial charge >= 0.3 is 6.03 Å². The first-order chi connectivity index (χ1) is 8.52. The largest absolute Gasteiger partial charge is 0.491 e. The third-order valence-electron chi connectivity index (χ3n) is 2.01. The lowest BCUT2D eigenvalue weighted by atomic mass is 10.1. The summed E-state index contributed by atoms with van der Waals surface area (Å²) in [5.41, 5.74) is 8.35. The van der Waals surface area contributed by atoms with E-state index in [1.807, 2.05) is 13.8 Å². The third-order valence-corrected chi connectivity index (χ3v) is 2.01. The summed E-state index contributed by atoms with van der Waals surface area (Å²) in [6, 6.07) is 4.51. The molecule has 0 saturated heterocycles. The number of aliphatic hydroxyl groups is 1. The fourth-order valence-electron chi connectivity index (χ4n) is 1.34. The summed E-state index contributed by atoms with van der Waals surface area (Å²) in [5, 5.41) is 12.9. The van der Waals surface area contributed by atoms with Crippen LogP contribution in [0.25, 0.3) is 0 Å². The highest BCUT2D eigenvalue weighted by Gasteiger charge is 2.05. The molecule has 6 nitrogen and oxygen atoms in total. The van der Waals surface area contributed by atoms with Gasteiger partial charge in [0.05, 0.1) is 18.9 Å². The molecular weight excluding hydrogens is 234 g/mol. The van der Waals surface area contributed by atoms with Crippen molar-refractivity contribution in [2.45, 2.75) is 26.6 Å². The van der Waals surface area contributed by atoms with Crippen molar-refractivity contribution in [2.24, 2.45) is 10.8 Å². The average Bonchev–Trinajstić information content (AvgIpc) is 2.29. The summed E-state index contributed by atoms with van der Waals surface area (Å²) in [5.74, 6) is 0.632. The number of nitrogens with two attached hydrogens (primary N) is 1. The second-order valence-electron chi connectivity index (χ2n) is 3.93. The smallest absolute Gasteiger partial charge is 0.332 e. The Balaban J connectivity index is 2.84. The topological polar surface area (TPSA) is 96.9 Å². The molecule has 18 heavy (non-hydrogen) atoms. The highest BCUT2D eigenvalue weighted by Crippen LogP contribution is 2.20. The zero-order chi connectivity index (χ0) is 13.5. The summed E-state index contributed by atoms with van der Waals surface area (Å²) >= 11 is 0. The summed E-state index contributed by atoms with van der Waals surface area (Å²) in [4.78, 5) is 10.4. The lowest BCUT2D eigenvalue weighted by Crippen LogP contribution is -2.24. The van der Waals surface area contributed by atoms with E-state index in [2.05, 4.69) is 10.5 Å². The summed E-state index contributed by atoms with van der Waals surface area (Å²) in [6.45, 7) is 3.69. The molecule has 0 aromatic heterocycles. The lowest BCUT2D eigenvalue weighted by Gasteiger charge is -2.13. The van der Waals surface area contributed by atoms with Crippen molar-refractivity contribution in [1.29, 1.82) is 0 Å². The van der Waals surface area contributed by atoms with Crippen LogP contribution in [0.15, 0.2) is 23.3 Å². The van der Waals surface area contributed by atoms with E-state index >= 15 is 0 Å². The Hall–Kier alpha value is -2.08. The van der Waals surface area contributed by atoms with Crippen molar-refractivity contribution in [3.63, 3.8) is 0 Å². The van der Waals surface area contributed by atoms with Crippen LogP contribution in [0.4, 0.5) is 4.79 Å². The maximum atomic E-state index is 10.4. The van der Waals surface area contributed by atoms with Crippen LogP contribution < -0.4 is 15.9 Å². The van der Waals surface area contributed by atoms with Crippen LogP contribution in [0, 0.1) is 0 Å². The van der Waals surface area contributed by atoms with Gasteiger partial charge in [0.1, 0.15) is 5.75 Å². The molecule has 0 heterocycles. The minimum absolute atomic E-state index is 0.0337. The fourth-order valence-corrected chi connectivity index (χ4v) is 1.34. The van der Waals surface area contributed by atoms with Crippen molar-refractivity contribution < 1.29 is 14.6 Å². The Morgan fingerprint density at radius 3 is 2.89 bits per heavy atom. The van der Waals surface area contributed by atoms with Gasteiger partial charge in [0.15, 0.2) is 0 Å². The number of carbonyl (C=O) groups excluding carboxylic acids is 1. The molecule has 1 rings (SSSR count). The molecule has 0 aliphatic carbocycles. The van der Waals surface area contributed by atoms with Gasteiger partial charge in [0, 0.05) is 5.56 Å². The normalized spacial score (nSPS) is 10.9. The number of primary amides is 1. The quantitative estimate of drug-likeness (QED) is 0.537. The van der Waals surface area contributed by atoms with Crippen molar-refractivity contribution in [2.75, 3.05) is 0 Å². The van der Waals surface area contributed by atoms with Crippen molar-refractivity contribution in [3.05, 3.63) is 29.3 Å². The Morgan fingerprint density at radius 2 is 2.33 bits per heavy atom. The van der Waals surface area contributed by atoms with Crippen LogP contribution in [0.2, 0.25) is 0 Å². The molecule has 98 valence electrons. The fraction of sp³-hybridized carbons (Fsp3) is 0.333. The Kier molecular flexibility index (Phi) is 5.13. The highest BCUT2D eigenvalue weighted by atomic mass is 16.5. The molecule has 1 aromatic rings. The van der Waals surface area contributed by atoms with Crippen molar-refractivity contribution >= 4 is 12.2 Å². The van der Waals surface area contributed by atoms with Gasteiger partial charge in [0.25, 0.3) is 0 Å². The molecule has 1 aromatic carbocycles. The zero-order valence-electron chi connectivity index (χ0n) is 10.4. The number of aliphatic hydroxyl groups excluding tert-OH is 1. The number of carbonyl (C=O) groups is 1. The van der Waals surface area contributed by atoms with Crippen LogP contribution in [0.1, 0.15) is 25.0 Å². The monoisotopic (exact) mass is 251 g/mol. The lowest BCUT2D eigenvalue weighted by molar-refractivity contribution is 0.225. The van der Waals surface area contributed by atoms with Crippen molar-refractivity contribution in [1.82, 2.24) is 5.43 Å². The number of rotatable bonds is 5. The van der Waals surface area contributed by atoms with E-state index < -0.39 is 6.03 Å². The molecule has 2 amide bonds. The minimum Gasteiger partial charge on any atom is -0.491 e. The first kappa shape index (κ1) is 14.0.